The first kappa shape index (κ1) is 9.68. The molecule has 0 heterocycles. The molecular formula is C7H11NO3. The van der Waals surface area contributed by atoms with Gasteiger partial charge in [0.2, 0.25) is 6.41 Å². The summed E-state index contributed by atoms with van der Waals surface area (Å²) in [5.74, 6) is -0.976. The van der Waals surface area contributed by atoms with Crippen molar-refractivity contribution in [3.05, 3.63) is 12.2 Å². The van der Waals surface area contributed by atoms with Gasteiger partial charge in [0.05, 0.1) is 0 Å². The summed E-state index contributed by atoms with van der Waals surface area (Å²) in [6.45, 7) is 3.83. The number of carbonyl (C=O) groups excluding carboxylic acids is 1. The second kappa shape index (κ2) is 5.46. The Morgan fingerprint density at radius 3 is 2.73 bits per heavy atom. The van der Waals surface area contributed by atoms with Crippen LogP contribution in [0.5, 0.6) is 0 Å². The van der Waals surface area contributed by atoms with E-state index in [1.54, 1.807) is 0 Å². The Labute approximate surface area is 64.9 Å². The topological polar surface area (TPSA) is 66.4 Å². The highest BCUT2D eigenvalue weighted by Crippen LogP contribution is 2.00. The van der Waals surface area contributed by atoms with Gasteiger partial charge in [-0.25, -0.2) is 4.79 Å². The molecule has 4 heteroatoms. The molecule has 0 aromatic carbocycles. The first-order valence-corrected chi connectivity index (χ1v) is 3.26. The normalized spacial score (nSPS) is 8.73. The van der Waals surface area contributed by atoms with Crippen molar-refractivity contribution in [2.45, 2.75) is 12.8 Å². The number of amides is 1. The number of nitrogens with one attached hydrogen (secondary N) is 1. The molecule has 0 aromatic heterocycles. The number of carboxylic acid groups (broad SMARTS) is 1. The molecule has 0 rings (SSSR count). The number of rotatable bonds is 6. The zero-order valence-corrected chi connectivity index (χ0v) is 6.17. The van der Waals surface area contributed by atoms with E-state index < -0.39 is 5.97 Å². The molecule has 62 valence electrons. The van der Waals surface area contributed by atoms with Crippen LogP contribution >= 0.6 is 0 Å². The maximum Gasteiger partial charge on any atom is 0.330 e. The first-order valence-electron chi connectivity index (χ1n) is 3.26. The van der Waals surface area contributed by atoms with E-state index in [2.05, 4.69) is 11.9 Å². The molecule has 2 N–H and O–H groups in total. The Bertz CT molecular complexity index is 165. The van der Waals surface area contributed by atoms with E-state index in [0.717, 1.165) is 0 Å². The largest absolute Gasteiger partial charge is 0.478 e. The van der Waals surface area contributed by atoms with Gasteiger partial charge in [-0.1, -0.05) is 6.58 Å². The van der Waals surface area contributed by atoms with Gasteiger partial charge in [-0.3, -0.25) is 4.79 Å². The maximum absolute atomic E-state index is 10.2. The molecule has 0 saturated heterocycles. The predicted molar refractivity (Wildman–Crippen MR) is 40.1 cm³/mol. The second-order valence-corrected chi connectivity index (χ2v) is 2.08. The minimum absolute atomic E-state index is 0.178. The zero-order valence-electron chi connectivity index (χ0n) is 6.17. The van der Waals surface area contributed by atoms with E-state index in [9.17, 15) is 9.59 Å². The molecule has 1 amide bonds. The fourth-order valence-corrected chi connectivity index (χ4v) is 0.570. The molecule has 0 atom stereocenters. The number of hydrogen-bond donors (Lipinski definition) is 2. The highest BCUT2D eigenvalue weighted by molar-refractivity contribution is 5.85. The van der Waals surface area contributed by atoms with Crippen molar-refractivity contribution in [3.63, 3.8) is 0 Å². The lowest BCUT2D eigenvalue weighted by atomic mass is 10.2. The summed E-state index contributed by atoms with van der Waals surface area (Å²) in [4.78, 5) is 19.9. The van der Waals surface area contributed by atoms with Crippen molar-refractivity contribution in [2.24, 2.45) is 0 Å². The van der Waals surface area contributed by atoms with Gasteiger partial charge in [0.15, 0.2) is 0 Å². The minimum atomic E-state index is -0.976. The molecule has 0 aliphatic heterocycles. The van der Waals surface area contributed by atoms with Gasteiger partial charge in [0, 0.05) is 12.1 Å². The van der Waals surface area contributed by atoms with E-state index in [0.29, 0.717) is 25.8 Å². The predicted octanol–water partition coefficient (Wildman–Crippen LogP) is 0.153. The summed E-state index contributed by atoms with van der Waals surface area (Å²) in [5.41, 5.74) is 0.178. The molecule has 0 aromatic rings. The summed E-state index contributed by atoms with van der Waals surface area (Å²) >= 11 is 0. The zero-order chi connectivity index (χ0) is 8.69. The van der Waals surface area contributed by atoms with E-state index in [1.165, 1.54) is 0 Å². The van der Waals surface area contributed by atoms with Gasteiger partial charge < -0.3 is 10.4 Å². The Hall–Kier alpha value is -1.32. The number of carboxylic acids is 1. The van der Waals surface area contributed by atoms with Crippen LogP contribution in [0.1, 0.15) is 12.8 Å². The Balaban J connectivity index is 3.31. The lowest BCUT2D eigenvalue weighted by Crippen LogP contribution is -2.12. The molecule has 0 spiro atoms. The average Bonchev–Trinajstić information content (AvgIpc) is 1.97. The van der Waals surface area contributed by atoms with Crippen molar-refractivity contribution >= 4 is 12.4 Å². The fraction of sp³-hybridized carbons (Fsp3) is 0.429. The average molecular weight is 157 g/mol. The first-order chi connectivity index (χ1) is 5.18. The van der Waals surface area contributed by atoms with Crippen molar-refractivity contribution < 1.29 is 14.7 Å². The van der Waals surface area contributed by atoms with Crippen LogP contribution in [0.15, 0.2) is 12.2 Å². The molecule has 0 bridgehead atoms. The van der Waals surface area contributed by atoms with Gasteiger partial charge in [-0.2, -0.15) is 0 Å². The van der Waals surface area contributed by atoms with Gasteiger partial charge in [0.25, 0.3) is 0 Å². The van der Waals surface area contributed by atoms with E-state index in [-0.39, 0.29) is 5.57 Å². The Kier molecular flexibility index (Phi) is 4.81. The van der Waals surface area contributed by atoms with Crippen molar-refractivity contribution in [1.82, 2.24) is 5.32 Å². The highest BCUT2D eigenvalue weighted by atomic mass is 16.4. The van der Waals surface area contributed by atoms with Crippen LogP contribution in [0.25, 0.3) is 0 Å². The van der Waals surface area contributed by atoms with Crippen LogP contribution < -0.4 is 5.32 Å². The van der Waals surface area contributed by atoms with Crippen molar-refractivity contribution in [1.29, 1.82) is 0 Å². The molecule has 0 radical (unpaired) electrons. The van der Waals surface area contributed by atoms with Crippen LogP contribution in [-0.4, -0.2) is 24.0 Å². The second-order valence-electron chi connectivity index (χ2n) is 2.08. The smallest absolute Gasteiger partial charge is 0.330 e. The van der Waals surface area contributed by atoms with Crippen LogP contribution in [0.4, 0.5) is 0 Å². The summed E-state index contributed by atoms with van der Waals surface area (Å²) in [7, 11) is 0. The maximum atomic E-state index is 10.2. The standard InChI is InChI=1S/C7H11NO3/c1-6(7(10)11)3-2-4-8-5-9/h5H,1-4H2,(H,8,9)(H,10,11). The minimum Gasteiger partial charge on any atom is -0.478 e. The highest BCUT2D eigenvalue weighted by Gasteiger charge is 2.01. The Morgan fingerprint density at radius 2 is 2.27 bits per heavy atom. The molecular weight excluding hydrogens is 146 g/mol. The molecule has 0 aliphatic rings. The van der Waals surface area contributed by atoms with Crippen LogP contribution in [0.2, 0.25) is 0 Å². The third-order valence-electron chi connectivity index (χ3n) is 1.19. The molecule has 11 heavy (non-hydrogen) atoms. The SMILES string of the molecule is C=C(CCCNC=O)C(=O)O. The molecule has 0 aliphatic carbocycles. The number of hydrogen-bond acceptors (Lipinski definition) is 2. The number of carbonyl (C=O) groups is 2. The van der Waals surface area contributed by atoms with E-state index >= 15 is 0 Å². The Morgan fingerprint density at radius 1 is 1.64 bits per heavy atom. The molecule has 0 saturated carbocycles. The van der Waals surface area contributed by atoms with Gasteiger partial charge in [-0.15, -0.1) is 0 Å². The summed E-state index contributed by atoms with van der Waals surface area (Å²) in [6, 6.07) is 0. The fourth-order valence-electron chi connectivity index (χ4n) is 0.570. The summed E-state index contributed by atoms with van der Waals surface area (Å²) < 4.78 is 0. The van der Waals surface area contributed by atoms with Crippen molar-refractivity contribution in [3.8, 4) is 0 Å². The number of aliphatic carboxylic acids is 1. The van der Waals surface area contributed by atoms with Gasteiger partial charge in [0.1, 0.15) is 0 Å². The molecule has 0 fully saturated rings. The van der Waals surface area contributed by atoms with Crippen molar-refractivity contribution in [2.75, 3.05) is 6.54 Å². The third kappa shape index (κ3) is 5.14. The lowest BCUT2D eigenvalue weighted by Gasteiger charge is -1.98. The van der Waals surface area contributed by atoms with E-state index in [4.69, 9.17) is 5.11 Å². The molecule has 0 unspecified atom stereocenters. The van der Waals surface area contributed by atoms with Crippen LogP contribution in [-0.2, 0) is 9.59 Å². The summed E-state index contributed by atoms with van der Waals surface area (Å²) in [5, 5.41) is 10.8. The summed E-state index contributed by atoms with van der Waals surface area (Å²) in [6.07, 6.45) is 1.61. The van der Waals surface area contributed by atoms with E-state index in [1.807, 2.05) is 0 Å². The van der Waals surface area contributed by atoms with Gasteiger partial charge >= 0.3 is 5.97 Å². The monoisotopic (exact) mass is 157 g/mol. The van der Waals surface area contributed by atoms with Crippen LogP contribution in [0.3, 0.4) is 0 Å². The third-order valence-corrected chi connectivity index (χ3v) is 1.19. The lowest BCUT2D eigenvalue weighted by molar-refractivity contribution is -0.132. The molecule has 4 nitrogen and oxygen atoms in total. The van der Waals surface area contributed by atoms with Gasteiger partial charge in [-0.05, 0) is 12.8 Å². The quantitative estimate of drug-likeness (QED) is 0.328. The van der Waals surface area contributed by atoms with Crippen LogP contribution in [0, 0.1) is 0 Å².